The number of hydrogen-bond acceptors (Lipinski definition) is 4. The van der Waals surface area contributed by atoms with Gasteiger partial charge < -0.3 is 10.6 Å². The number of rotatable bonds is 6. The number of hydrazine groups is 1. The van der Waals surface area contributed by atoms with Gasteiger partial charge in [0.15, 0.2) is 5.11 Å². The van der Waals surface area contributed by atoms with Crippen LogP contribution in [0.25, 0.3) is 10.8 Å². The maximum atomic E-state index is 12.3. The standard InChI is InChI=1S/C23H20Cl2N4O3S/c24-16-8-9-19(18(25)13-16)26-20(30)10-11-21(31)28-29-23(33)27-22(32)12-15-6-3-5-14-4-1-2-7-17(14)15/h1-9,13H,10-12H2,(H,26,30)(H,28,31)(H2,27,29,32,33). The van der Waals surface area contributed by atoms with Gasteiger partial charge in [-0.3, -0.25) is 25.2 Å². The van der Waals surface area contributed by atoms with Gasteiger partial charge in [-0.15, -0.1) is 0 Å². The van der Waals surface area contributed by atoms with E-state index in [0.29, 0.717) is 15.7 Å². The average molecular weight is 503 g/mol. The first-order valence-corrected chi connectivity index (χ1v) is 11.1. The average Bonchev–Trinajstić information content (AvgIpc) is 2.78. The van der Waals surface area contributed by atoms with Gasteiger partial charge in [0.1, 0.15) is 0 Å². The summed E-state index contributed by atoms with van der Waals surface area (Å²) in [4.78, 5) is 36.3. The van der Waals surface area contributed by atoms with Gasteiger partial charge in [0, 0.05) is 17.9 Å². The van der Waals surface area contributed by atoms with E-state index in [1.54, 1.807) is 12.1 Å². The van der Waals surface area contributed by atoms with Crippen LogP contribution in [0.2, 0.25) is 10.0 Å². The van der Waals surface area contributed by atoms with Gasteiger partial charge in [0.25, 0.3) is 0 Å². The lowest BCUT2D eigenvalue weighted by atomic mass is 10.0. The van der Waals surface area contributed by atoms with E-state index in [1.165, 1.54) is 6.07 Å². The second-order valence-electron chi connectivity index (χ2n) is 7.04. The van der Waals surface area contributed by atoms with Crippen molar-refractivity contribution in [3.63, 3.8) is 0 Å². The molecule has 0 saturated heterocycles. The van der Waals surface area contributed by atoms with Crippen molar-refractivity contribution >= 4 is 74.7 Å². The second kappa shape index (κ2) is 11.6. The van der Waals surface area contributed by atoms with E-state index in [-0.39, 0.29) is 36.2 Å². The van der Waals surface area contributed by atoms with E-state index in [9.17, 15) is 14.4 Å². The number of hydrogen-bond donors (Lipinski definition) is 4. The van der Waals surface area contributed by atoms with Crippen molar-refractivity contribution < 1.29 is 14.4 Å². The van der Waals surface area contributed by atoms with Crippen LogP contribution < -0.4 is 21.5 Å². The van der Waals surface area contributed by atoms with Crippen LogP contribution >= 0.6 is 35.4 Å². The maximum absolute atomic E-state index is 12.3. The number of halogens is 2. The summed E-state index contributed by atoms with van der Waals surface area (Å²) in [5, 5.41) is 7.85. The first-order valence-electron chi connectivity index (χ1n) is 9.92. The zero-order valence-electron chi connectivity index (χ0n) is 17.3. The molecule has 0 saturated carbocycles. The highest BCUT2D eigenvalue weighted by Crippen LogP contribution is 2.25. The van der Waals surface area contributed by atoms with Gasteiger partial charge in [-0.1, -0.05) is 65.7 Å². The Morgan fingerprint density at radius 1 is 0.818 bits per heavy atom. The van der Waals surface area contributed by atoms with Crippen LogP contribution in [0.1, 0.15) is 18.4 Å². The van der Waals surface area contributed by atoms with Crippen LogP contribution in [-0.2, 0) is 20.8 Å². The number of benzene rings is 3. The molecule has 0 aliphatic rings. The number of carbonyl (C=O) groups is 3. The van der Waals surface area contributed by atoms with E-state index in [4.69, 9.17) is 35.4 Å². The van der Waals surface area contributed by atoms with E-state index in [1.807, 2.05) is 42.5 Å². The summed E-state index contributed by atoms with van der Waals surface area (Å²) in [7, 11) is 0. The van der Waals surface area contributed by atoms with Crippen LogP contribution in [0.3, 0.4) is 0 Å². The topological polar surface area (TPSA) is 99.3 Å². The summed E-state index contributed by atoms with van der Waals surface area (Å²) < 4.78 is 0. The van der Waals surface area contributed by atoms with Crippen molar-refractivity contribution in [2.24, 2.45) is 0 Å². The lowest BCUT2D eigenvalue weighted by molar-refractivity contribution is -0.124. The fraction of sp³-hybridized carbons (Fsp3) is 0.130. The second-order valence-corrected chi connectivity index (χ2v) is 8.29. The largest absolute Gasteiger partial charge is 0.325 e. The minimum atomic E-state index is -0.474. The predicted molar refractivity (Wildman–Crippen MR) is 134 cm³/mol. The van der Waals surface area contributed by atoms with Gasteiger partial charge >= 0.3 is 0 Å². The Bertz CT molecular complexity index is 1210. The fourth-order valence-corrected chi connectivity index (χ4v) is 3.66. The van der Waals surface area contributed by atoms with Crippen molar-refractivity contribution in [1.29, 1.82) is 0 Å². The van der Waals surface area contributed by atoms with Crippen molar-refractivity contribution in [3.05, 3.63) is 76.3 Å². The van der Waals surface area contributed by atoms with Gasteiger partial charge in [0.05, 0.1) is 17.1 Å². The molecular weight excluding hydrogens is 483 g/mol. The van der Waals surface area contributed by atoms with Crippen LogP contribution in [0, 0.1) is 0 Å². The summed E-state index contributed by atoms with van der Waals surface area (Å²) in [6, 6.07) is 18.2. The van der Waals surface area contributed by atoms with E-state index in [0.717, 1.165) is 16.3 Å². The molecule has 0 radical (unpaired) electrons. The van der Waals surface area contributed by atoms with Crippen molar-refractivity contribution in [2.75, 3.05) is 5.32 Å². The third-order valence-electron chi connectivity index (χ3n) is 4.58. The number of carbonyl (C=O) groups excluding carboxylic acids is 3. The number of fused-ring (bicyclic) bond motifs is 1. The van der Waals surface area contributed by atoms with Crippen LogP contribution in [0.15, 0.2) is 60.7 Å². The molecule has 3 amide bonds. The smallest absolute Gasteiger partial charge is 0.238 e. The quantitative estimate of drug-likeness (QED) is 0.300. The normalized spacial score (nSPS) is 10.4. The molecule has 7 nitrogen and oxygen atoms in total. The monoisotopic (exact) mass is 502 g/mol. The molecule has 0 unspecified atom stereocenters. The number of nitrogens with one attached hydrogen (secondary N) is 4. The maximum Gasteiger partial charge on any atom is 0.238 e. The van der Waals surface area contributed by atoms with Gasteiger partial charge in [-0.2, -0.15) is 0 Å². The van der Waals surface area contributed by atoms with Gasteiger partial charge in [0.2, 0.25) is 17.7 Å². The summed E-state index contributed by atoms with van der Waals surface area (Å²) in [6.07, 6.45) is -0.0478. The first kappa shape index (κ1) is 24.4. The van der Waals surface area contributed by atoms with Crippen molar-refractivity contribution in [3.8, 4) is 0 Å². The highest BCUT2D eigenvalue weighted by Gasteiger charge is 2.11. The molecule has 3 rings (SSSR count). The lowest BCUT2D eigenvalue weighted by Gasteiger charge is -2.12. The molecule has 4 N–H and O–H groups in total. The molecular formula is C23H20Cl2N4O3S. The molecule has 0 spiro atoms. The summed E-state index contributed by atoms with van der Waals surface area (Å²) in [6.45, 7) is 0. The molecule has 33 heavy (non-hydrogen) atoms. The Kier molecular flexibility index (Phi) is 8.59. The Labute approximate surface area is 205 Å². The lowest BCUT2D eigenvalue weighted by Crippen LogP contribution is -2.48. The third-order valence-corrected chi connectivity index (χ3v) is 5.34. The summed E-state index contributed by atoms with van der Waals surface area (Å²) >= 11 is 16.9. The molecule has 0 aliphatic heterocycles. The summed E-state index contributed by atoms with van der Waals surface area (Å²) in [5.41, 5.74) is 6.08. The molecule has 0 bridgehead atoms. The minimum Gasteiger partial charge on any atom is -0.325 e. The molecule has 3 aromatic carbocycles. The molecule has 0 aliphatic carbocycles. The van der Waals surface area contributed by atoms with Gasteiger partial charge in [-0.25, -0.2) is 0 Å². The summed E-state index contributed by atoms with van der Waals surface area (Å²) in [5.74, 6) is -1.18. The van der Waals surface area contributed by atoms with E-state index in [2.05, 4.69) is 21.5 Å². The zero-order valence-corrected chi connectivity index (χ0v) is 19.6. The Morgan fingerprint density at radius 2 is 1.55 bits per heavy atom. The van der Waals surface area contributed by atoms with E-state index < -0.39 is 5.91 Å². The van der Waals surface area contributed by atoms with Gasteiger partial charge in [-0.05, 0) is 46.8 Å². The zero-order chi connectivity index (χ0) is 23.8. The molecule has 10 heteroatoms. The highest BCUT2D eigenvalue weighted by molar-refractivity contribution is 7.80. The Morgan fingerprint density at radius 3 is 2.33 bits per heavy atom. The Hall–Kier alpha value is -3.20. The molecule has 0 heterocycles. The number of amides is 3. The SMILES string of the molecule is O=C(CCC(=O)Nc1ccc(Cl)cc1Cl)NNC(=S)NC(=O)Cc1cccc2ccccc12. The van der Waals surface area contributed by atoms with Crippen molar-refractivity contribution in [2.45, 2.75) is 19.3 Å². The van der Waals surface area contributed by atoms with Crippen LogP contribution in [0.4, 0.5) is 5.69 Å². The Balaban J connectivity index is 1.39. The number of anilines is 1. The predicted octanol–water partition coefficient (Wildman–Crippen LogP) is 4.13. The molecule has 170 valence electrons. The minimum absolute atomic E-state index is 0.0500. The molecule has 3 aromatic rings. The molecule has 0 atom stereocenters. The molecule has 0 fully saturated rings. The number of thiocarbonyl (C=S) groups is 1. The van der Waals surface area contributed by atoms with E-state index >= 15 is 0 Å². The van der Waals surface area contributed by atoms with Crippen LogP contribution in [0.5, 0.6) is 0 Å². The highest BCUT2D eigenvalue weighted by atomic mass is 35.5. The molecule has 0 aromatic heterocycles. The van der Waals surface area contributed by atoms with Crippen molar-refractivity contribution in [1.82, 2.24) is 16.2 Å². The third kappa shape index (κ3) is 7.42. The van der Waals surface area contributed by atoms with Crippen LogP contribution in [-0.4, -0.2) is 22.8 Å². The first-order chi connectivity index (χ1) is 15.8. The fourth-order valence-electron chi connectivity index (χ4n) is 3.04.